The van der Waals surface area contributed by atoms with Crippen LogP contribution in [0.4, 0.5) is 0 Å². The Bertz CT molecular complexity index is 157. The van der Waals surface area contributed by atoms with Crippen molar-refractivity contribution in [3.8, 4) is 0 Å². The van der Waals surface area contributed by atoms with Crippen LogP contribution in [0, 0.1) is 17.8 Å². The molecule has 2 nitrogen and oxygen atoms in total. The Morgan fingerprint density at radius 1 is 1.23 bits per heavy atom. The number of rotatable bonds is 1. The predicted molar refractivity (Wildman–Crippen MR) is 51.0 cm³/mol. The van der Waals surface area contributed by atoms with E-state index in [2.05, 4.69) is 20.8 Å². The smallest absolute Gasteiger partial charge is 0.186 e. The van der Waals surface area contributed by atoms with Crippen molar-refractivity contribution in [2.75, 3.05) is 0 Å². The van der Waals surface area contributed by atoms with E-state index in [0.717, 1.165) is 17.8 Å². The molecule has 0 aromatic rings. The van der Waals surface area contributed by atoms with E-state index in [0.29, 0.717) is 0 Å². The largest absolute Gasteiger partial charge is 0.373 e. The molecule has 1 aliphatic rings. The third kappa shape index (κ3) is 5.59. The summed E-state index contributed by atoms with van der Waals surface area (Å²) in [4.78, 5) is 16.2. The SMILES string of the molecule is CC1CCCC(C(C)C)C1.O=C=O. The highest BCUT2D eigenvalue weighted by atomic mass is 16.2. The fraction of sp³-hybridized carbons (Fsp3) is 0.909. The molecule has 1 fully saturated rings. The highest BCUT2D eigenvalue weighted by molar-refractivity contribution is 5.20. The first kappa shape index (κ1) is 12.4. The van der Waals surface area contributed by atoms with Crippen molar-refractivity contribution in [3.63, 3.8) is 0 Å². The van der Waals surface area contributed by atoms with Gasteiger partial charge in [-0.2, -0.15) is 9.59 Å². The van der Waals surface area contributed by atoms with E-state index in [9.17, 15) is 0 Å². The summed E-state index contributed by atoms with van der Waals surface area (Å²) in [6.45, 7) is 7.12. The summed E-state index contributed by atoms with van der Waals surface area (Å²) in [6, 6.07) is 0. The zero-order valence-corrected chi connectivity index (χ0v) is 8.88. The maximum atomic E-state index is 8.12. The summed E-state index contributed by atoms with van der Waals surface area (Å²) in [5.41, 5.74) is 0. The summed E-state index contributed by atoms with van der Waals surface area (Å²) in [6.07, 6.45) is 6.17. The molecule has 1 saturated carbocycles. The van der Waals surface area contributed by atoms with E-state index in [1.807, 2.05) is 0 Å². The van der Waals surface area contributed by atoms with Crippen LogP contribution in [0.25, 0.3) is 0 Å². The molecule has 2 unspecified atom stereocenters. The molecular weight excluding hydrogens is 164 g/mol. The van der Waals surface area contributed by atoms with Gasteiger partial charge < -0.3 is 0 Å². The fourth-order valence-electron chi connectivity index (χ4n) is 2.09. The summed E-state index contributed by atoms with van der Waals surface area (Å²) in [5, 5.41) is 0. The van der Waals surface area contributed by atoms with Gasteiger partial charge in [-0.25, -0.2) is 0 Å². The van der Waals surface area contributed by atoms with Gasteiger partial charge >= 0.3 is 6.15 Å². The Labute approximate surface area is 80.7 Å². The molecule has 0 N–H and O–H groups in total. The quantitative estimate of drug-likeness (QED) is 0.628. The highest BCUT2D eigenvalue weighted by Crippen LogP contribution is 2.32. The topological polar surface area (TPSA) is 34.1 Å². The second kappa shape index (κ2) is 6.85. The van der Waals surface area contributed by atoms with Crippen molar-refractivity contribution in [2.24, 2.45) is 17.8 Å². The molecule has 0 bridgehead atoms. The van der Waals surface area contributed by atoms with Crippen molar-refractivity contribution in [1.29, 1.82) is 0 Å². The molecule has 0 aromatic carbocycles. The van der Waals surface area contributed by atoms with Gasteiger partial charge in [0.1, 0.15) is 0 Å². The summed E-state index contributed by atoms with van der Waals surface area (Å²) in [7, 11) is 0. The molecule has 1 aliphatic carbocycles. The van der Waals surface area contributed by atoms with Gasteiger partial charge in [-0.15, -0.1) is 0 Å². The molecule has 2 atom stereocenters. The number of hydrogen-bond acceptors (Lipinski definition) is 2. The van der Waals surface area contributed by atoms with Crippen molar-refractivity contribution in [3.05, 3.63) is 0 Å². The van der Waals surface area contributed by atoms with Gasteiger partial charge in [-0.05, 0) is 24.2 Å². The first-order valence-electron chi connectivity index (χ1n) is 5.11. The first-order chi connectivity index (χ1) is 6.11. The van der Waals surface area contributed by atoms with Crippen LogP contribution in [0.3, 0.4) is 0 Å². The lowest BCUT2D eigenvalue weighted by Gasteiger charge is -2.29. The van der Waals surface area contributed by atoms with Crippen LogP contribution in [-0.4, -0.2) is 6.15 Å². The van der Waals surface area contributed by atoms with Gasteiger partial charge in [0.05, 0.1) is 0 Å². The molecule has 0 saturated heterocycles. The lowest BCUT2D eigenvalue weighted by molar-refractivity contribution is -0.191. The molecule has 0 spiro atoms. The van der Waals surface area contributed by atoms with Crippen LogP contribution in [0.5, 0.6) is 0 Å². The summed E-state index contributed by atoms with van der Waals surface area (Å²) < 4.78 is 0. The average Bonchev–Trinajstić information content (AvgIpc) is 2.05. The molecule has 76 valence electrons. The van der Waals surface area contributed by atoms with Gasteiger partial charge in [0.15, 0.2) is 0 Å². The number of carbonyl (C=O) groups excluding carboxylic acids is 2. The maximum absolute atomic E-state index is 8.12. The van der Waals surface area contributed by atoms with E-state index in [1.165, 1.54) is 25.7 Å². The van der Waals surface area contributed by atoms with Gasteiger partial charge in [0.25, 0.3) is 0 Å². The van der Waals surface area contributed by atoms with Crippen molar-refractivity contribution < 1.29 is 9.59 Å². The van der Waals surface area contributed by atoms with Gasteiger partial charge in [-0.3, -0.25) is 0 Å². The second-order valence-electron chi connectivity index (χ2n) is 4.36. The van der Waals surface area contributed by atoms with Crippen LogP contribution < -0.4 is 0 Å². The van der Waals surface area contributed by atoms with Gasteiger partial charge in [0, 0.05) is 0 Å². The normalized spacial score (nSPS) is 27.4. The third-order valence-corrected chi connectivity index (χ3v) is 2.92. The zero-order valence-electron chi connectivity index (χ0n) is 8.88. The second-order valence-corrected chi connectivity index (χ2v) is 4.36. The van der Waals surface area contributed by atoms with Crippen molar-refractivity contribution in [2.45, 2.75) is 46.5 Å². The molecule has 2 heteroatoms. The van der Waals surface area contributed by atoms with Crippen LogP contribution in [0.1, 0.15) is 46.5 Å². The Morgan fingerprint density at radius 2 is 1.77 bits per heavy atom. The van der Waals surface area contributed by atoms with E-state index < -0.39 is 0 Å². The molecule has 0 aliphatic heterocycles. The number of hydrogen-bond donors (Lipinski definition) is 0. The van der Waals surface area contributed by atoms with E-state index in [-0.39, 0.29) is 6.15 Å². The Hall–Kier alpha value is -0.620. The molecule has 0 radical (unpaired) electrons. The van der Waals surface area contributed by atoms with Crippen LogP contribution in [0.2, 0.25) is 0 Å². The van der Waals surface area contributed by atoms with Gasteiger partial charge in [0.2, 0.25) is 0 Å². The maximum Gasteiger partial charge on any atom is 0.373 e. The lowest BCUT2D eigenvalue weighted by Crippen LogP contribution is -2.17. The van der Waals surface area contributed by atoms with E-state index >= 15 is 0 Å². The van der Waals surface area contributed by atoms with Crippen LogP contribution in [-0.2, 0) is 9.59 Å². The third-order valence-electron chi connectivity index (χ3n) is 2.92. The van der Waals surface area contributed by atoms with Crippen LogP contribution in [0.15, 0.2) is 0 Å². The molecular formula is C11H20O2. The Kier molecular flexibility index (Phi) is 6.52. The zero-order chi connectivity index (χ0) is 10.3. The lowest BCUT2D eigenvalue weighted by atomic mass is 9.77. The minimum absolute atomic E-state index is 0.250. The Balaban J connectivity index is 0.000000424. The molecule has 0 aromatic heterocycles. The predicted octanol–water partition coefficient (Wildman–Crippen LogP) is 2.89. The summed E-state index contributed by atoms with van der Waals surface area (Å²) >= 11 is 0. The van der Waals surface area contributed by atoms with E-state index in [4.69, 9.17) is 9.59 Å². The van der Waals surface area contributed by atoms with Crippen molar-refractivity contribution in [1.82, 2.24) is 0 Å². The minimum atomic E-state index is 0.250. The van der Waals surface area contributed by atoms with Crippen LogP contribution >= 0.6 is 0 Å². The average molecular weight is 184 g/mol. The van der Waals surface area contributed by atoms with E-state index in [1.54, 1.807) is 0 Å². The minimum Gasteiger partial charge on any atom is -0.186 e. The molecule has 0 amide bonds. The summed E-state index contributed by atoms with van der Waals surface area (Å²) in [5.74, 6) is 2.95. The first-order valence-corrected chi connectivity index (χ1v) is 5.11. The molecule has 1 rings (SSSR count). The Morgan fingerprint density at radius 3 is 2.08 bits per heavy atom. The fourth-order valence-corrected chi connectivity index (χ4v) is 2.09. The highest BCUT2D eigenvalue weighted by Gasteiger charge is 2.20. The standard InChI is InChI=1S/C10H20.CO2/c1-8(2)10-6-4-5-9(3)7-10;2-1-3/h8-10H,4-7H2,1-3H3;. The molecule has 13 heavy (non-hydrogen) atoms. The van der Waals surface area contributed by atoms with Crippen molar-refractivity contribution >= 4 is 6.15 Å². The monoisotopic (exact) mass is 184 g/mol. The van der Waals surface area contributed by atoms with Gasteiger partial charge in [-0.1, -0.05) is 40.0 Å². The molecule has 0 heterocycles.